The van der Waals surface area contributed by atoms with Crippen molar-refractivity contribution in [3.05, 3.63) is 451 Å². The van der Waals surface area contributed by atoms with E-state index in [0.717, 1.165) is 147 Å². The molecule has 568 valence electrons. The molecule has 0 heterocycles. The normalized spacial score (nSPS) is 13.1. The summed E-state index contributed by atoms with van der Waals surface area (Å²) in [6.07, 6.45) is 33.1. The fourth-order valence-corrected chi connectivity index (χ4v) is 14.4. The van der Waals surface area contributed by atoms with Crippen LogP contribution in [0.15, 0.2) is 429 Å². The molecule has 0 spiro atoms. The second kappa shape index (κ2) is 37.3. The lowest BCUT2D eigenvalue weighted by molar-refractivity contribution is -0.113. The third kappa shape index (κ3) is 19.4. The van der Waals surface area contributed by atoms with Crippen LogP contribution < -0.4 is 31.9 Å². The average molecular weight is 1520 g/mol. The number of rotatable bonds is 12. The number of nitrogens with one attached hydrogen (secondary N) is 6. The van der Waals surface area contributed by atoms with E-state index >= 15 is 0 Å². The van der Waals surface area contributed by atoms with Crippen LogP contribution in [0.25, 0.3) is 86.2 Å². The van der Waals surface area contributed by atoms with Crippen LogP contribution in [0.5, 0.6) is 0 Å². The molecule has 0 unspecified atom stereocenters. The predicted octanol–water partition coefficient (Wildman–Crippen LogP) is 24.0. The number of amides is 6. The van der Waals surface area contributed by atoms with Gasteiger partial charge in [-0.3, -0.25) is 28.8 Å². The van der Waals surface area contributed by atoms with Gasteiger partial charge in [0.25, 0.3) is 35.4 Å². The van der Waals surface area contributed by atoms with Crippen molar-refractivity contribution in [1.29, 1.82) is 0 Å². The van der Waals surface area contributed by atoms with Crippen LogP contribution in [0.2, 0.25) is 0 Å². The Morgan fingerprint density at radius 2 is 0.573 bits per heavy atom. The Morgan fingerprint density at radius 1 is 0.205 bits per heavy atom. The van der Waals surface area contributed by atoms with E-state index < -0.39 is 0 Å². The van der Waals surface area contributed by atoms with E-state index in [1.807, 2.05) is 328 Å². The summed E-state index contributed by atoms with van der Waals surface area (Å²) in [5.74, 6) is -0.258. The summed E-state index contributed by atoms with van der Waals surface area (Å²) in [6, 6.07) is 102. The van der Waals surface area contributed by atoms with Gasteiger partial charge < -0.3 is 31.9 Å². The van der Waals surface area contributed by atoms with Gasteiger partial charge in [-0.05, 0) is 179 Å². The standard InChI is InChI=1S/C21H15NO.2C20H15NO.2C16H13NO.C12H11NO/c23-21(20-11-5-9-16-7-3-4-10-19(16)20)22-18-13-12-15-6-1-2-8-17(15)14-18;22-20(21-15-8-2-3-9-15)19-13-14-7-1-4-10-16(14)17-11-5-6-12-18(17)19;22-20(14-7-1-2-8-14)21-19-13-15-9-3-4-10-16(15)17-11-5-6-12-18(17)19;18-16(13-6-2-3-7-13)17-15-10-9-12-5-1-4-8-14(12)11-15;18-16(17-15-7-3-4-8-15)14-10-9-12-5-1-2-6-13(12)11-14;14-12(10-6-2-1-3-7-10)13-11-8-4-5-9-11/h1-14H,(H,22,23);1-8,10-13H,9H2,(H,21,22);1-7,9-13H,8H2,(H,21,22);1-6,8-11H,7H2,(H,17,18);1-7,9-11H,8H2,(H,17,18);1-8H,9H2,(H,13,14). The average Bonchev–Trinajstić information content (AvgIpc) is 1.24. The van der Waals surface area contributed by atoms with E-state index in [1.165, 1.54) is 16.2 Å². The molecule has 0 saturated carbocycles. The van der Waals surface area contributed by atoms with Gasteiger partial charge in [0.1, 0.15) is 0 Å². The smallest absolute Gasteiger partial charge is 0.256 e. The summed E-state index contributed by atoms with van der Waals surface area (Å²) in [6.45, 7) is 0. The lowest BCUT2D eigenvalue weighted by atomic mass is 9.97. The van der Waals surface area contributed by atoms with Crippen LogP contribution in [0.3, 0.4) is 0 Å². The zero-order chi connectivity index (χ0) is 80.1. The highest BCUT2D eigenvalue weighted by molar-refractivity contribution is 6.19. The largest absolute Gasteiger partial charge is 0.325 e. The van der Waals surface area contributed by atoms with E-state index in [0.29, 0.717) is 23.1 Å². The Bertz CT molecular complexity index is 6690. The molecule has 15 aromatic carbocycles. The topological polar surface area (TPSA) is 175 Å². The summed E-state index contributed by atoms with van der Waals surface area (Å²) < 4.78 is 0. The maximum absolute atomic E-state index is 12.7. The second-order valence-electron chi connectivity index (χ2n) is 28.3. The molecule has 12 nitrogen and oxygen atoms in total. The highest BCUT2D eigenvalue weighted by atomic mass is 16.2. The van der Waals surface area contributed by atoms with Crippen molar-refractivity contribution in [2.24, 2.45) is 0 Å². The number of anilines is 3. The molecule has 6 N–H and O–H groups in total. The SMILES string of the molecule is O=C(NC1=CC=CC1)c1cc2ccccc2c2ccccc12.O=C(NC1=CC=CC1)c1ccc2ccccc2c1.O=C(NC1=CC=CC1)c1ccccc1.O=C(Nc1cc2ccccc2c2ccccc12)C1=CC=CC1.O=C(Nc1ccc2ccccc2c1)C1=CC=CC1.O=C(Nc1ccc2ccccc2c1)c1cccc2ccccc12. The molecule has 5 aliphatic rings. The molecule has 0 saturated heterocycles. The van der Waals surface area contributed by atoms with Crippen LogP contribution in [0, 0.1) is 0 Å². The monoisotopic (exact) mass is 1520 g/mol. The van der Waals surface area contributed by atoms with E-state index in [9.17, 15) is 28.8 Å². The quantitative estimate of drug-likeness (QED) is 0.0664. The highest BCUT2D eigenvalue weighted by Gasteiger charge is 2.18. The maximum Gasteiger partial charge on any atom is 0.256 e. The molecule has 117 heavy (non-hydrogen) atoms. The van der Waals surface area contributed by atoms with Crippen molar-refractivity contribution in [2.75, 3.05) is 16.0 Å². The molecule has 0 fully saturated rings. The molecule has 5 aliphatic carbocycles. The number of benzene rings is 15. The van der Waals surface area contributed by atoms with E-state index in [2.05, 4.69) is 92.6 Å². The maximum atomic E-state index is 12.7. The van der Waals surface area contributed by atoms with Crippen molar-refractivity contribution in [1.82, 2.24) is 16.0 Å². The van der Waals surface area contributed by atoms with Gasteiger partial charge in [-0.1, -0.05) is 316 Å². The Morgan fingerprint density at radius 3 is 1.09 bits per heavy atom. The molecule has 0 aliphatic heterocycles. The Balaban J connectivity index is 0.000000111. The van der Waals surface area contributed by atoms with Crippen molar-refractivity contribution >= 4 is 139 Å². The van der Waals surface area contributed by atoms with Crippen LogP contribution in [-0.4, -0.2) is 35.4 Å². The molecule has 0 atom stereocenters. The fourth-order valence-electron chi connectivity index (χ4n) is 14.4. The summed E-state index contributed by atoms with van der Waals surface area (Å²) in [7, 11) is 0. The van der Waals surface area contributed by atoms with Gasteiger partial charge in [-0.15, -0.1) is 0 Å². The third-order valence-electron chi connectivity index (χ3n) is 20.4. The molecule has 12 heteroatoms. The molecule has 20 rings (SSSR count). The summed E-state index contributed by atoms with van der Waals surface area (Å²) in [5.41, 5.74) is 9.79. The summed E-state index contributed by atoms with van der Waals surface area (Å²) in [4.78, 5) is 73.3. The van der Waals surface area contributed by atoms with Crippen molar-refractivity contribution in [3.63, 3.8) is 0 Å². The minimum absolute atomic E-state index is 0.0183. The number of carbonyl (C=O) groups is 6. The molecule has 0 radical (unpaired) electrons. The minimum Gasteiger partial charge on any atom is -0.325 e. The van der Waals surface area contributed by atoms with E-state index in [4.69, 9.17) is 0 Å². The van der Waals surface area contributed by atoms with Crippen LogP contribution in [0.1, 0.15) is 73.5 Å². The Labute approximate surface area is 678 Å². The van der Waals surface area contributed by atoms with Crippen molar-refractivity contribution in [3.8, 4) is 0 Å². The first-order valence-corrected chi connectivity index (χ1v) is 39.0. The number of hydrogen-bond acceptors (Lipinski definition) is 6. The minimum atomic E-state index is -0.0860. The highest BCUT2D eigenvalue weighted by Crippen LogP contribution is 2.34. The molecule has 0 bridgehead atoms. The predicted molar refractivity (Wildman–Crippen MR) is 482 cm³/mol. The Hall–Kier alpha value is -15.4. The first kappa shape index (κ1) is 76.9. The fraction of sp³-hybridized carbons (Fsp3) is 0.0476. The van der Waals surface area contributed by atoms with Gasteiger partial charge >= 0.3 is 0 Å². The van der Waals surface area contributed by atoms with Crippen LogP contribution in [-0.2, 0) is 9.59 Å². The summed E-state index contributed by atoms with van der Waals surface area (Å²) >= 11 is 0. The number of carbonyl (C=O) groups excluding carboxylic acids is 6. The zero-order valence-corrected chi connectivity index (χ0v) is 64.1. The number of hydrogen-bond donors (Lipinski definition) is 6. The number of fused-ring (bicyclic) bond motifs is 10. The van der Waals surface area contributed by atoms with Gasteiger partial charge in [-0.25, -0.2) is 0 Å². The first-order chi connectivity index (χ1) is 57.5. The molecule has 6 amide bonds. The Kier molecular flexibility index (Phi) is 24.5. The van der Waals surface area contributed by atoms with Gasteiger partial charge in [0.15, 0.2) is 0 Å². The zero-order valence-electron chi connectivity index (χ0n) is 64.1. The second-order valence-corrected chi connectivity index (χ2v) is 28.3. The molecule has 0 aromatic heterocycles. The van der Waals surface area contributed by atoms with E-state index in [-0.39, 0.29) is 35.4 Å². The van der Waals surface area contributed by atoms with Crippen molar-refractivity contribution in [2.45, 2.75) is 32.1 Å². The first-order valence-electron chi connectivity index (χ1n) is 39.0. The van der Waals surface area contributed by atoms with Crippen LogP contribution in [0.4, 0.5) is 17.1 Å². The van der Waals surface area contributed by atoms with Gasteiger partial charge in [0.05, 0.1) is 0 Å². The van der Waals surface area contributed by atoms with Crippen LogP contribution >= 0.6 is 0 Å². The third-order valence-corrected chi connectivity index (χ3v) is 20.4. The molecular weight excluding hydrogens is 1440 g/mol. The number of allylic oxidation sites excluding steroid dienone is 15. The molecular formula is C105H82N6O6. The van der Waals surface area contributed by atoms with Crippen molar-refractivity contribution < 1.29 is 28.8 Å². The van der Waals surface area contributed by atoms with E-state index in [1.54, 1.807) is 12.1 Å². The van der Waals surface area contributed by atoms with Gasteiger partial charge in [0.2, 0.25) is 0 Å². The lowest BCUT2D eigenvalue weighted by Gasteiger charge is -2.12. The van der Waals surface area contributed by atoms with Gasteiger partial charge in [-0.2, -0.15) is 0 Å². The summed E-state index contributed by atoms with van der Waals surface area (Å²) in [5, 5.41) is 35.6. The molecule has 15 aromatic rings. The lowest BCUT2D eigenvalue weighted by Crippen LogP contribution is -2.22. The van der Waals surface area contributed by atoms with Gasteiger partial charge in [0, 0.05) is 92.2 Å².